The van der Waals surface area contributed by atoms with Crippen LogP contribution in [0.2, 0.25) is 5.02 Å². The minimum atomic E-state index is -3.70. The molecular weight excluding hydrogens is 395 g/mol. The largest absolute Gasteiger partial charge is 0.494 e. The molecule has 0 aliphatic rings. The molecule has 0 fully saturated rings. The number of hydrogen-bond acceptors (Lipinski definition) is 4. The number of carbonyl (C=O) groups excluding carboxylic acids is 1. The van der Waals surface area contributed by atoms with Crippen molar-refractivity contribution in [1.29, 1.82) is 0 Å². The van der Waals surface area contributed by atoms with Gasteiger partial charge in [-0.05, 0) is 48.9 Å². The first-order valence-electron chi connectivity index (χ1n) is 8.16. The molecule has 2 aromatic rings. The summed E-state index contributed by atoms with van der Waals surface area (Å²) < 4.78 is 43.9. The molecule has 0 aliphatic heterocycles. The van der Waals surface area contributed by atoms with Crippen molar-refractivity contribution in [3.8, 4) is 5.75 Å². The summed E-state index contributed by atoms with van der Waals surface area (Å²) in [5.74, 6) is -0.591. The van der Waals surface area contributed by atoms with Gasteiger partial charge in [-0.1, -0.05) is 18.5 Å². The van der Waals surface area contributed by atoms with Crippen molar-refractivity contribution in [2.75, 3.05) is 29.0 Å². The number of hydrogen-bond donors (Lipinski definition) is 1. The van der Waals surface area contributed by atoms with Crippen molar-refractivity contribution < 1.29 is 22.3 Å². The van der Waals surface area contributed by atoms with Crippen molar-refractivity contribution in [3.05, 3.63) is 53.3 Å². The minimum Gasteiger partial charge on any atom is -0.494 e. The van der Waals surface area contributed by atoms with Gasteiger partial charge in [0.25, 0.3) is 0 Å². The molecule has 1 N–H and O–H groups in total. The second-order valence-electron chi connectivity index (χ2n) is 5.79. The first-order chi connectivity index (χ1) is 12.7. The third-order valence-electron chi connectivity index (χ3n) is 3.49. The SMILES string of the molecule is CCCOc1ccc(N(CC(=O)Nc2ccc(F)c(Cl)c2)S(C)(=O)=O)cc1. The summed E-state index contributed by atoms with van der Waals surface area (Å²) in [6.45, 7) is 2.09. The molecule has 0 aromatic heterocycles. The molecule has 0 atom stereocenters. The van der Waals surface area contributed by atoms with Crippen molar-refractivity contribution in [1.82, 2.24) is 0 Å². The highest BCUT2D eigenvalue weighted by molar-refractivity contribution is 7.92. The van der Waals surface area contributed by atoms with E-state index in [1.165, 1.54) is 12.1 Å². The van der Waals surface area contributed by atoms with E-state index in [2.05, 4.69) is 5.32 Å². The third kappa shape index (κ3) is 6.11. The molecule has 2 aromatic carbocycles. The predicted octanol–water partition coefficient (Wildman–Crippen LogP) is 3.67. The lowest BCUT2D eigenvalue weighted by molar-refractivity contribution is -0.114. The standard InChI is InChI=1S/C18H20ClFN2O4S/c1-3-10-26-15-7-5-14(6-8-15)22(27(2,24)25)12-18(23)21-13-4-9-17(20)16(19)11-13/h4-9,11H,3,10,12H2,1-2H3,(H,21,23). The normalized spacial score (nSPS) is 11.1. The van der Waals surface area contributed by atoms with Gasteiger partial charge in [0, 0.05) is 5.69 Å². The van der Waals surface area contributed by atoms with Gasteiger partial charge in [-0.25, -0.2) is 12.8 Å². The van der Waals surface area contributed by atoms with E-state index in [9.17, 15) is 17.6 Å². The number of carbonyl (C=O) groups is 1. The van der Waals surface area contributed by atoms with Gasteiger partial charge in [0.2, 0.25) is 15.9 Å². The van der Waals surface area contributed by atoms with Gasteiger partial charge in [0.05, 0.1) is 23.6 Å². The van der Waals surface area contributed by atoms with E-state index in [-0.39, 0.29) is 10.7 Å². The van der Waals surface area contributed by atoms with Crippen LogP contribution in [0.3, 0.4) is 0 Å². The summed E-state index contributed by atoms with van der Waals surface area (Å²) in [7, 11) is -3.70. The Bertz CT molecular complexity index is 904. The summed E-state index contributed by atoms with van der Waals surface area (Å²) in [5.41, 5.74) is 0.594. The monoisotopic (exact) mass is 414 g/mol. The molecule has 27 heavy (non-hydrogen) atoms. The quantitative estimate of drug-likeness (QED) is 0.715. The number of sulfonamides is 1. The molecular formula is C18H20ClFN2O4S. The van der Waals surface area contributed by atoms with Crippen LogP contribution in [0.25, 0.3) is 0 Å². The Morgan fingerprint density at radius 3 is 2.44 bits per heavy atom. The summed E-state index contributed by atoms with van der Waals surface area (Å²) >= 11 is 5.68. The van der Waals surface area contributed by atoms with Crippen LogP contribution in [0.1, 0.15) is 13.3 Å². The predicted molar refractivity (Wildman–Crippen MR) is 104 cm³/mol. The molecule has 6 nitrogen and oxygen atoms in total. The molecule has 2 rings (SSSR count). The van der Waals surface area contributed by atoms with Gasteiger partial charge in [0.1, 0.15) is 18.1 Å². The van der Waals surface area contributed by atoms with Crippen molar-refractivity contribution in [3.63, 3.8) is 0 Å². The van der Waals surface area contributed by atoms with Crippen molar-refractivity contribution >= 4 is 38.9 Å². The number of nitrogens with one attached hydrogen (secondary N) is 1. The molecule has 0 aliphatic carbocycles. The van der Waals surface area contributed by atoms with Crippen molar-refractivity contribution in [2.45, 2.75) is 13.3 Å². The molecule has 1 amide bonds. The Kier molecular flexibility index (Phi) is 7.04. The highest BCUT2D eigenvalue weighted by atomic mass is 35.5. The Balaban J connectivity index is 2.14. The van der Waals surface area contributed by atoms with Crippen LogP contribution >= 0.6 is 11.6 Å². The van der Waals surface area contributed by atoms with Gasteiger partial charge in [-0.3, -0.25) is 9.10 Å². The average Bonchev–Trinajstić information content (AvgIpc) is 2.61. The van der Waals surface area contributed by atoms with Gasteiger partial charge in [-0.15, -0.1) is 0 Å². The molecule has 0 spiro atoms. The lowest BCUT2D eigenvalue weighted by Gasteiger charge is -2.22. The minimum absolute atomic E-state index is 0.143. The second kappa shape index (κ2) is 9.05. The highest BCUT2D eigenvalue weighted by Crippen LogP contribution is 2.23. The van der Waals surface area contributed by atoms with Gasteiger partial charge in [-0.2, -0.15) is 0 Å². The van der Waals surface area contributed by atoms with E-state index < -0.39 is 28.3 Å². The topological polar surface area (TPSA) is 75.7 Å². The Morgan fingerprint density at radius 1 is 1.22 bits per heavy atom. The molecule has 0 bridgehead atoms. The number of amides is 1. The zero-order chi connectivity index (χ0) is 20.0. The van der Waals surface area contributed by atoms with E-state index in [4.69, 9.17) is 16.3 Å². The maximum absolute atomic E-state index is 13.2. The van der Waals surface area contributed by atoms with Gasteiger partial charge in [0.15, 0.2) is 0 Å². The number of nitrogens with zero attached hydrogens (tertiary/aromatic N) is 1. The summed E-state index contributed by atoms with van der Waals surface area (Å²) in [5, 5.41) is 2.36. The Hall–Kier alpha value is -2.32. The van der Waals surface area contributed by atoms with Crippen LogP contribution in [-0.4, -0.2) is 33.7 Å². The second-order valence-corrected chi connectivity index (χ2v) is 8.10. The fourth-order valence-corrected chi connectivity index (χ4v) is 3.27. The van der Waals surface area contributed by atoms with Crippen LogP contribution in [0, 0.1) is 5.82 Å². The van der Waals surface area contributed by atoms with E-state index in [0.29, 0.717) is 18.0 Å². The average molecular weight is 415 g/mol. The van der Waals surface area contributed by atoms with Crippen LogP contribution < -0.4 is 14.4 Å². The maximum atomic E-state index is 13.2. The van der Waals surface area contributed by atoms with Gasteiger partial charge < -0.3 is 10.1 Å². The van der Waals surface area contributed by atoms with E-state index in [1.807, 2.05) is 6.92 Å². The highest BCUT2D eigenvalue weighted by Gasteiger charge is 2.21. The van der Waals surface area contributed by atoms with Crippen molar-refractivity contribution in [2.24, 2.45) is 0 Å². The first kappa shape index (κ1) is 21.0. The summed E-state index contributed by atoms with van der Waals surface area (Å²) in [6, 6.07) is 10.1. The lowest BCUT2D eigenvalue weighted by atomic mass is 10.3. The van der Waals surface area contributed by atoms with E-state index in [1.54, 1.807) is 24.3 Å². The lowest BCUT2D eigenvalue weighted by Crippen LogP contribution is -2.37. The maximum Gasteiger partial charge on any atom is 0.245 e. The zero-order valence-electron chi connectivity index (χ0n) is 14.9. The van der Waals surface area contributed by atoms with Crippen LogP contribution in [0.5, 0.6) is 5.75 Å². The van der Waals surface area contributed by atoms with Crippen LogP contribution in [0.4, 0.5) is 15.8 Å². The zero-order valence-corrected chi connectivity index (χ0v) is 16.5. The van der Waals surface area contributed by atoms with Crippen LogP contribution in [0.15, 0.2) is 42.5 Å². The Morgan fingerprint density at radius 2 is 1.89 bits per heavy atom. The molecule has 0 saturated heterocycles. The van der Waals surface area contributed by atoms with E-state index in [0.717, 1.165) is 23.0 Å². The first-order valence-corrected chi connectivity index (χ1v) is 10.4. The fourth-order valence-electron chi connectivity index (χ4n) is 2.23. The molecule has 0 saturated carbocycles. The summed E-state index contributed by atoms with van der Waals surface area (Å²) in [4.78, 5) is 12.3. The van der Waals surface area contributed by atoms with E-state index >= 15 is 0 Å². The number of rotatable bonds is 8. The van der Waals surface area contributed by atoms with Gasteiger partial charge >= 0.3 is 0 Å². The molecule has 146 valence electrons. The number of benzene rings is 2. The summed E-state index contributed by atoms with van der Waals surface area (Å²) in [6.07, 6.45) is 1.86. The molecule has 0 radical (unpaired) electrons. The molecule has 9 heteroatoms. The smallest absolute Gasteiger partial charge is 0.245 e. The van der Waals surface area contributed by atoms with Crippen LogP contribution in [-0.2, 0) is 14.8 Å². The number of halogens is 2. The molecule has 0 heterocycles. The number of anilines is 2. The molecule has 0 unspecified atom stereocenters. The fraction of sp³-hybridized carbons (Fsp3) is 0.278. The third-order valence-corrected chi connectivity index (χ3v) is 4.92. The number of ether oxygens (including phenoxy) is 1. The Labute approximate surface area is 162 Å².